The Hall–Kier alpha value is -2.05. The maximum Gasteiger partial charge on any atom is 0.253 e. The van der Waals surface area contributed by atoms with Crippen molar-refractivity contribution in [2.75, 3.05) is 12.0 Å². The minimum Gasteiger partial charge on any atom is -0.352 e. The van der Waals surface area contributed by atoms with Crippen LogP contribution in [0.4, 0.5) is 5.69 Å². The van der Waals surface area contributed by atoms with Crippen LogP contribution in [0.3, 0.4) is 0 Å². The molecule has 1 aromatic heterocycles. The van der Waals surface area contributed by atoms with Crippen LogP contribution in [-0.2, 0) is 13.5 Å². The minimum absolute atomic E-state index is 0.218. The van der Waals surface area contributed by atoms with Crippen LogP contribution >= 0.6 is 11.6 Å². The standard InChI is InChI=1S/C13H16ClN5O/c1-19-8-9(7-17-19)4-5-16-13(20)11-6-10(14)2-3-12(11)18-15/h2-3,6-8,18H,4-5,15H2,1H3,(H,16,20). The second kappa shape index (κ2) is 6.40. The van der Waals surface area contributed by atoms with Crippen molar-refractivity contribution in [1.82, 2.24) is 15.1 Å². The molecule has 106 valence electrons. The van der Waals surface area contributed by atoms with E-state index in [0.29, 0.717) is 29.2 Å². The summed E-state index contributed by atoms with van der Waals surface area (Å²) in [6, 6.07) is 4.91. The zero-order valence-electron chi connectivity index (χ0n) is 11.1. The van der Waals surface area contributed by atoms with Gasteiger partial charge in [0.25, 0.3) is 5.91 Å². The van der Waals surface area contributed by atoms with Crippen molar-refractivity contribution in [3.8, 4) is 0 Å². The van der Waals surface area contributed by atoms with E-state index in [0.717, 1.165) is 5.56 Å². The topological polar surface area (TPSA) is 85.0 Å². The van der Waals surface area contributed by atoms with E-state index in [1.54, 1.807) is 29.1 Å². The number of hydrogen-bond donors (Lipinski definition) is 3. The fraction of sp³-hybridized carbons (Fsp3) is 0.231. The van der Waals surface area contributed by atoms with Gasteiger partial charge in [0.2, 0.25) is 0 Å². The predicted octanol–water partition coefficient (Wildman–Crippen LogP) is 1.33. The van der Waals surface area contributed by atoms with Gasteiger partial charge in [0.05, 0.1) is 17.4 Å². The van der Waals surface area contributed by atoms with Crippen LogP contribution in [0.1, 0.15) is 15.9 Å². The maximum absolute atomic E-state index is 12.1. The summed E-state index contributed by atoms with van der Waals surface area (Å²) in [5.74, 6) is 5.16. The summed E-state index contributed by atoms with van der Waals surface area (Å²) in [6.07, 6.45) is 4.41. The van der Waals surface area contributed by atoms with Crippen LogP contribution in [0.5, 0.6) is 0 Å². The van der Waals surface area contributed by atoms with Crippen molar-refractivity contribution in [3.05, 3.63) is 46.7 Å². The van der Waals surface area contributed by atoms with Gasteiger partial charge in [-0.25, -0.2) is 0 Å². The number of aromatic nitrogens is 2. The molecule has 0 atom stereocenters. The number of nitrogens with two attached hydrogens (primary N) is 1. The first-order chi connectivity index (χ1) is 9.60. The van der Waals surface area contributed by atoms with Crippen LogP contribution in [-0.4, -0.2) is 22.2 Å². The molecule has 2 rings (SSSR count). The van der Waals surface area contributed by atoms with Crippen LogP contribution < -0.4 is 16.6 Å². The molecule has 4 N–H and O–H groups in total. The van der Waals surface area contributed by atoms with E-state index < -0.39 is 0 Å². The fourth-order valence-corrected chi connectivity index (χ4v) is 2.02. The molecule has 7 heteroatoms. The molecule has 0 saturated heterocycles. The molecular formula is C13H16ClN5O. The highest BCUT2D eigenvalue weighted by Crippen LogP contribution is 2.19. The molecular weight excluding hydrogens is 278 g/mol. The molecule has 2 aromatic rings. The number of nitrogen functional groups attached to an aromatic ring is 1. The van der Waals surface area contributed by atoms with Crippen molar-refractivity contribution >= 4 is 23.2 Å². The molecule has 0 spiro atoms. The first kappa shape index (κ1) is 14.4. The fourth-order valence-electron chi connectivity index (χ4n) is 1.85. The Labute approximate surface area is 121 Å². The first-order valence-corrected chi connectivity index (χ1v) is 6.50. The molecule has 0 saturated carbocycles. The molecule has 20 heavy (non-hydrogen) atoms. The summed E-state index contributed by atoms with van der Waals surface area (Å²) in [5, 5.41) is 7.39. The quantitative estimate of drug-likeness (QED) is 0.573. The van der Waals surface area contributed by atoms with E-state index in [-0.39, 0.29) is 5.91 Å². The number of benzene rings is 1. The highest BCUT2D eigenvalue weighted by Gasteiger charge is 2.11. The summed E-state index contributed by atoms with van der Waals surface area (Å²) in [7, 11) is 1.85. The number of rotatable bonds is 5. The number of anilines is 1. The largest absolute Gasteiger partial charge is 0.352 e. The van der Waals surface area contributed by atoms with E-state index in [1.807, 2.05) is 13.2 Å². The lowest BCUT2D eigenvalue weighted by Gasteiger charge is -2.09. The average molecular weight is 294 g/mol. The van der Waals surface area contributed by atoms with Crippen LogP contribution in [0, 0.1) is 0 Å². The van der Waals surface area contributed by atoms with Gasteiger partial charge < -0.3 is 10.7 Å². The van der Waals surface area contributed by atoms with Gasteiger partial charge in [-0.05, 0) is 30.2 Å². The summed E-state index contributed by atoms with van der Waals surface area (Å²) in [5.41, 5.74) is 4.51. The third-order valence-corrected chi connectivity index (χ3v) is 3.07. The van der Waals surface area contributed by atoms with Crippen molar-refractivity contribution in [1.29, 1.82) is 0 Å². The van der Waals surface area contributed by atoms with Crippen LogP contribution in [0.15, 0.2) is 30.6 Å². The van der Waals surface area contributed by atoms with Crippen molar-refractivity contribution in [2.45, 2.75) is 6.42 Å². The van der Waals surface area contributed by atoms with Gasteiger partial charge in [0, 0.05) is 24.8 Å². The van der Waals surface area contributed by atoms with Gasteiger partial charge in [-0.3, -0.25) is 15.3 Å². The summed E-state index contributed by atoms with van der Waals surface area (Å²) in [4.78, 5) is 12.1. The number of amides is 1. The molecule has 6 nitrogen and oxygen atoms in total. The Bertz CT molecular complexity index is 611. The van der Waals surface area contributed by atoms with Gasteiger partial charge in [0.15, 0.2) is 0 Å². The zero-order valence-corrected chi connectivity index (χ0v) is 11.8. The molecule has 1 heterocycles. The summed E-state index contributed by atoms with van der Waals surface area (Å²) in [6.45, 7) is 0.515. The van der Waals surface area contributed by atoms with Crippen LogP contribution in [0.2, 0.25) is 5.02 Å². The van der Waals surface area contributed by atoms with Crippen molar-refractivity contribution in [3.63, 3.8) is 0 Å². The highest BCUT2D eigenvalue weighted by molar-refractivity contribution is 6.31. The van der Waals surface area contributed by atoms with E-state index in [9.17, 15) is 4.79 Å². The van der Waals surface area contributed by atoms with Gasteiger partial charge in [-0.2, -0.15) is 5.10 Å². The predicted molar refractivity (Wildman–Crippen MR) is 78.5 cm³/mol. The third kappa shape index (κ3) is 3.49. The highest BCUT2D eigenvalue weighted by atomic mass is 35.5. The number of hydrogen-bond acceptors (Lipinski definition) is 4. The number of carbonyl (C=O) groups is 1. The number of hydrazine groups is 1. The second-order valence-corrected chi connectivity index (χ2v) is 4.80. The number of nitrogens with zero attached hydrogens (tertiary/aromatic N) is 2. The molecule has 0 aliphatic heterocycles. The molecule has 0 bridgehead atoms. The summed E-state index contributed by atoms with van der Waals surface area (Å²) >= 11 is 5.89. The number of halogens is 1. The molecule has 0 fully saturated rings. The third-order valence-electron chi connectivity index (χ3n) is 2.84. The normalized spacial score (nSPS) is 10.3. The SMILES string of the molecule is Cn1cc(CCNC(=O)c2cc(Cl)ccc2NN)cn1. The second-order valence-electron chi connectivity index (χ2n) is 4.36. The lowest BCUT2D eigenvalue weighted by molar-refractivity contribution is 0.0955. The molecule has 0 radical (unpaired) electrons. The molecule has 1 amide bonds. The minimum atomic E-state index is -0.218. The van der Waals surface area contributed by atoms with E-state index in [2.05, 4.69) is 15.8 Å². The maximum atomic E-state index is 12.1. The zero-order chi connectivity index (χ0) is 14.5. The Kier molecular flexibility index (Phi) is 4.60. The van der Waals surface area contributed by atoms with Gasteiger partial charge in [-0.1, -0.05) is 11.6 Å². The monoisotopic (exact) mass is 293 g/mol. The van der Waals surface area contributed by atoms with E-state index in [1.165, 1.54) is 0 Å². The van der Waals surface area contributed by atoms with E-state index in [4.69, 9.17) is 17.4 Å². The smallest absolute Gasteiger partial charge is 0.253 e. The average Bonchev–Trinajstić information content (AvgIpc) is 2.84. The Morgan fingerprint density at radius 1 is 1.50 bits per heavy atom. The van der Waals surface area contributed by atoms with Crippen molar-refractivity contribution < 1.29 is 4.79 Å². The molecule has 0 aliphatic carbocycles. The molecule has 1 aromatic carbocycles. The van der Waals surface area contributed by atoms with Crippen molar-refractivity contribution in [2.24, 2.45) is 12.9 Å². The molecule has 0 aliphatic rings. The lowest BCUT2D eigenvalue weighted by Crippen LogP contribution is -2.27. The Morgan fingerprint density at radius 3 is 2.95 bits per heavy atom. The molecule has 0 unspecified atom stereocenters. The van der Waals surface area contributed by atoms with Gasteiger partial charge in [-0.15, -0.1) is 0 Å². The van der Waals surface area contributed by atoms with E-state index >= 15 is 0 Å². The number of carbonyl (C=O) groups excluding carboxylic acids is 1. The Balaban J connectivity index is 1.96. The lowest BCUT2D eigenvalue weighted by atomic mass is 10.1. The van der Waals surface area contributed by atoms with Gasteiger partial charge in [0.1, 0.15) is 0 Å². The number of nitrogens with one attached hydrogen (secondary N) is 2. The number of aryl methyl sites for hydroxylation is 1. The van der Waals surface area contributed by atoms with Gasteiger partial charge >= 0.3 is 0 Å². The Morgan fingerprint density at radius 2 is 2.30 bits per heavy atom. The summed E-state index contributed by atoms with van der Waals surface area (Å²) < 4.78 is 1.73. The first-order valence-electron chi connectivity index (χ1n) is 6.12. The van der Waals surface area contributed by atoms with Crippen LogP contribution in [0.25, 0.3) is 0 Å².